The summed E-state index contributed by atoms with van der Waals surface area (Å²) in [4.78, 5) is 12.3. The molecule has 3 aromatic carbocycles. The number of aromatic hydroxyl groups is 1. The molecule has 148 valence electrons. The second-order valence-corrected chi connectivity index (χ2v) is 7.49. The van der Waals surface area contributed by atoms with Crippen LogP contribution < -0.4 is 9.47 Å². The van der Waals surface area contributed by atoms with Crippen LogP contribution in [-0.2, 0) is 6.61 Å². The summed E-state index contributed by atoms with van der Waals surface area (Å²) in [7, 11) is 1.55. The number of hydrogen-bond donors (Lipinski definition) is 1. The Morgan fingerprint density at radius 1 is 1.14 bits per heavy atom. The zero-order valence-electron chi connectivity index (χ0n) is 15.6. The molecule has 0 aliphatic rings. The van der Waals surface area contributed by atoms with E-state index < -0.39 is 0 Å². The van der Waals surface area contributed by atoms with E-state index in [9.17, 15) is 9.90 Å². The molecule has 0 saturated carbocycles. The number of phenolic OH excluding ortho intramolecular Hbond substituents is 1. The Labute approximate surface area is 182 Å². The van der Waals surface area contributed by atoms with Gasteiger partial charge in [-0.2, -0.15) is 0 Å². The maximum atomic E-state index is 12.3. The third-order valence-corrected chi connectivity index (χ3v) is 4.91. The molecule has 0 atom stereocenters. The van der Waals surface area contributed by atoms with Gasteiger partial charge in [-0.1, -0.05) is 41.9 Å². The molecule has 0 spiro atoms. The number of methoxy groups -OCH3 is 1. The summed E-state index contributed by atoms with van der Waals surface area (Å²) in [5.74, 6) is 0.932. The largest absolute Gasteiger partial charge is 0.508 e. The van der Waals surface area contributed by atoms with Gasteiger partial charge in [0.2, 0.25) is 0 Å². The van der Waals surface area contributed by atoms with Crippen molar-refractivity contribution in [3.63, 3.8) is 0 Å². The topological polar surface area (TPSA) is 55.8 Å². The highest BCUT2D eigenvalue weighted by Gasteiger charge is 2.12. The van der Waals surface area contributed by atoms with Gasteiger partial charge in [0.05, 0.1) is 11.6 Å². The van der Waals surface area contributed by atoms with Crippen molar-refractivity contribution >= 4 is 39.4 Å². The van der Waals surface area contributed by atoms with Gasteiger partial charge in [0.15, 0.2) is 17.3 Å². The summed E-state index contributed by atoms with van der Waals surface area (Å²) in [6.07, 6.45) is 3.13. The van der Waals surface area contributed by atoms with E-state index >= 15 is 0 Å². The quantitative estimate of drug-likeness (QED) is 0.323. The van der Waals surface area contributed by atoms with Crippen molar-refractivity contribution in [2.24, 2.45) is 0 Å². The zero-order chi connectivity index (χ0) is 20.8. The minimum absolute atomic E-state index is 0.0508. The lowest BCUT2D eigenvalue weighted by Crippen LogP contribution is -1.99. The number of benzene rings is 3. The SMILES string of the molecule is COc1cc(/C=C/C(=O)c2cccc(O)c2)cc(Br)c1OCc1cccc(Cl)c1. The summed E-state index contributed by atoms with van der Waals surface area (Å²) in [5.41, 5.74) is 2.11. The number of ketones is 1. The molecule has 0 heterocycles. The first-order valence-corrected chi connectivity index (χ1v) is 9.89. The van der Waals surface area contributed by atoms with Gasteiger partial charge in [-0.15, -0.1) is 0 Å². The van der Waals surface area contributed by atoms with Crippen molar-refractivity contribution in [1.29, 1.82) is 0 Å². The number of rotatable bonds is 7. The number of hydrogen-bond acceptors (Lipinski definition) is 4. The molecule has 29 heavy (non-hydrogen) atoms. The van der Waals surface area contributed by atoms with Crippen molar-refractivity contribution in [3.8, 4) is 17.2 Å². The summed E-state index contributed by atoms with van der Waals surface area (Å²) in [5, 5.41) is 10.2. The number of allylic oxidation sites excluding steroid dienone is 1. The molecule has 0 saturated heterocycles. The second kappa shape index (κ2) is 9.63. The fourth-order valence-corrected chi connectivity index (χ4v) is 3.47. The Morgan fingerprint density at radius 3 is 2.66 bits per heavy atom. The third kappa shape index (κ3) is 5.62. The molecule has 6 heteroatoms. The first-order valence-electron chi connectivity index (χ1n) is 8.72. The molecule has 0 bridgehead atoms. The molecule has 0 fully saturated rings. The lowest BCUT2D eigenvalue weighted by atomic mass is 10.1. The van der Waals surface area contributed by atoms with Crippen molar-refractivity contribution in [1.82, 2.24) is 0 Å². The zero-order valence-corrected chi connectivity index (χ0v) is 17.9. The van der Waals surface area contributed by atoms with Crippen LogP contribution in [0, 0.1) is 0 Å². The molecule has 3 rings (SSSR count). The molecule has 0 aliphatic heterocycles. The van der Waals surface area contributed by atoms with Crippen LogP contribution >= 0.6 is 27.5 Å². The standard InChI is InChI=1S/C23H18BrClO4/c1-28-22-12-15(8-9-21(27)17-5-3-7-19(26)13-17)11-20(24)23(22)29-14-16-4-2-6-18(25)10-16/h2-13,26H,14H2,1H3/b9-8+. The van der Waals surface area contributed by atoms with E-state index in [1.165, 1.54) is 18.2 Å². The first kappa shape index (κ1) is 21.0. The summed E-state index contributed by atoms with van der Waals surface area (Å²) >= 11 is 9.52. The number of ether oxygens (including phenoxy) is 2. The minimum Gasteiger partial charge on any atom is -0.508 e. The van der Waals surface area contributed by atoms with Gasteiger partial charge in [-0.05, 0) is 69.5 Å². The molecule has 0 unspecified atom stereocenters. The van der Waals surface area contributed by atoms with Crippen LogP contribution in [0.5, 0.6) is 17.2 Å². The Bertz CT molecular complexity index is 1060. The van der Waals surface area contributed by atoms with Gasteiger partial charge in [0, 0.05) is 10.6 Å². The molecule has 3 aromatic rings. The van der Waals surface area contributed by atoms with Gasteiger partial charge < -0.3 is 14.6 Å². The Morgan fingerprint density at radius 2 is 1.93 bits per heavy atom. The molecule has 4 nitrogen and oxygen atoms in total. The average molecular weight is 474 g/mol. The third-order valence-electron chi connectivity index (χ3n) is 4.08. The average Bonchev–Trinajstić information content (AvgIpc) is 2.70. The normalized spacial score (nSPS) is 10.9. The van der Waals surface area contributed by atoms with Crippen molar-refractivity contribution < 1.29 is 19.4 Å². The number of halogens is 2. The van der Waals surface area contributed by atoms with E-state index in [0.29, 0.717) is 33.2 Å². The van der Waals surface area contributed by atoms with E-state index in [0.717, 1.165) is 11.1 Å². The van der Waals surface area contributed by atoms with E-state index in [1.54, 1.807) is 37.5 Å². The summed E-state index contributed by atoms with van der Waals surface area (Å²) in [6, 6.07) is 17.3. The lowest BCUT2D eigenvalue weighted by molar-refractivity contribution is 0.104. The predicted octanol–water partition coefficient (Wildman–Crippen LogP) is 6.29. The van der Waals surface area contributed by atoms with E-state index in [4.69, 9.17) is 21.1 Å². The van der Waals surface area contributed by atoms with Crippen molar-refractivity contribution in [2.45, 2.75) is 6.61 Å². The van der Waals surface area contributed by atoms with Crippen LogP contribution in [0.1, 0.15) is 21.5 Å². The summed E-state index contributed by atoms with van der Waals surface area (Å²) < 4.78 is 12.1. The highest BCUT2D eigenvalue weighted by molar-refractivity contribution is 9.10. The Hall–Kier alpha value is -2.76. The lowest BCUT2D eigenvalue weighted by Gasteiger charge is -2.14. The number of phenols is 1. The number of carbonyl (C=O) groups excluding carboxylic acids is 1. The van der Waals surface area contributed by atoms with E-state index in [2.05, 4.69) is 15.9 Å². The Balaban J connectivity index is 1.78. The first-order chi connectivity index (χ1) is 14.0. The molecule has 0 radical (unpaired) electrons. The van der Waals surface area contributed by atoms with Crippen molar-refractivity contribution in [3.05, 3.63) is 92.9 Å². The Kier molecular flexibility index (Phi) is 6.96. The van der Waals surface area contributed by atoms with Crippen molar-refractivity contribution in [2.75, 3.05) is 7.11 Å². The smallest absolute Gasteiger partial charge is 0.185 e. The molecular formula is C23H18BrClO4. The molecular weight excluding hydrogens is 456 g/mol. The van der Waals surface area contributed by atoms with Crippen LogP contribution in [0.25, 0.3) is 6.08 Å². The second-order valence-electron chi connectivity index (χ2n) is 6.20. The molecule has 0 aliphatic carbocycles. The van der Waals surface area contributed by atoms with Gasteiger partial charge in [-0.25, -0.2) is 0 Å². The van der Waals surface area contributed by atoms with Gasteiger partial charge in [0.1, 0.15) is 12.4 Å². The maximum Gasteiger partial charge on any atom is 0.185 e. The summed E-state index contributed by atoms with van der Waals surface area (Å²) in [6.45, 7) is 0.334. The van der Waals surface area contributed by atoms with Gasteiger partial charge in [-0.3, -0.25) is 4.79 Å². The molecule has 0 amide bonds. The van der Waals surface area contributed by atoms with Crippen LogP contribution in [-0.4, -0.2) is 18.0 Å². The van der Waals surface area contributed by atoms with Gasteiger partial charge in [0.25, 0.3) is 0 Å². The van der Waals surface area contributed by atoms with Gasteiger partial charge >= 0.3 is 0 Å². The highest BCUT2D eigenvalue weighted by atomic mass is 79.9. The fraction of sp³-hybridized carbons (Fsp3) is 0.0870. The maximum absolute atomic E-state index is 12.3. The van der Waals surface area contributed by atoms with Crippen LogP contribution in [0.3, 0.4) is 0 Å². The van der Waals surface area contributed by atoms with Crippen LogP contribution in [0.4, 0.5) is 0 Å². The fourth-order valence-electron chi connectivity index (χ4n) is 2.69. The van der Waals surface area contributed by atoms with Crippen LogP contribution in [0.2, 0.25) is 5.02 Å². The molecule has 0 aromatic heterocycles. The highest BCUT2D eigenvalue weighted by Crippen LogP contribution is 2.37. The van der Waals surface area contributed by atoms with Crippen LogP contribution in [0.15, 0.2) is 71.2 Å². The predicted molar refractivity (Wildman–Crippen MR) is 118 cm³/mol. The molecule has 1 N–H and O–H groups in total. The number of carbonyl (C=O) groups is 1. The minimum atomic E-state index is -0.211. The monoisotopic (exact) mass is 472 g/mol. The van der Waals surface area contributed by atoms with E-state index in [1.807, 2.05) is 24.3 Å². The van der Waals surface area contributed by atoms with E-state index in [-0.39, 0.29) is 11.5 Å².